The van der Waals surface area contributed by atoms with Gasteiger partial charge in [-0.3, -0.25) is 0 Å². The summed E-state index contributed by atoms with van der Waals surface area (Å²) in [5, 5.41) is 4.26. The zero-order valence-electron chi connectivity index (χ0n) is 7.10. The standard InChI is InChI=1S/C10H8BrClS/c1-2-6-9(12)4-3-7-8(11)5-13-10(6)7/h3-5H,2H2,1H3. The van der Waals surface area contributed by atoms with Gasteiger partial charge < -0.3 is 0 Å². The lowest BCUT2D eigenvalue weighted by molar-refractivity contribution is 1.16. The van der Waals surface area contributed by atoms with Crippen LogP contribution in [-0.2, 0) is 6.42 Å². The van der Waals surface area contributed by atoms with Crippen molar-refractivity contribution in [2.24, 2.45) is 0 Å². The molecular formula is C10H8BrClS. The van der Waals surface area contributed by atoms with Gasteiger partial charge in [-0.05, 0) is 34.0 Å². The van der Waals surface area contributed by atoms with Gasteiger partial charge in [0.25, 0.3) is 0 Å². The van der Waals surface area contributed by atoms with Crippen molar-refractivity contribution in [1.29, 1.82) is 0 Å². The van der Waals surface area contributed by atoms with E-state index in [1.807, 2.05) is 6.07 Å². The molecule has 0 bridgehead atoms. The van der Waals surface area contributed by atoms with E-state index in [0.29, 0.717) is 0 Å². The number of hydrogen-bond donors (Lipinski definition) is 0. The van der Waals surface area contributed by atoms with Crippen molar-refractivity contribution < 1.29 is 0 Å². The van der Waals surface area contributed by atoms with E-state index >= 15 is 0 Å². The lowest BCUT2D eigenvalue weighted by Crippen LogP contribution is -1.81. The van der Waals surface area contributed by atoms with Crippen LogP contribution in [0.15, 0.2) is 22.0 Å². The van der Waals surface area contributed by atoms with Gasteiger partial charge in [0, 0.05) is 25.0 Å². The number of hydrogen-bond acceptors (Lipinski definition) is 1. The molecule has 0 aliphatic heterocycles. The molecule has 0 nitrogen and oxygen atoms in total. The molecule has 0 radical (unpaired) electrons. The Balaban J connectivity index is 2.85. The van der Waals surface area contributed by atoms with E-state index < -0.39 is 0 Å². The number of halogens is 2. The van der Waals surface area contributed by atoms with E-state index in [1.54, 1.807) is 11.3 Å². The first kappa shape index (κ1) is 9.50. The second-order valence-corrected chi connectivity index (χ2v) is 4.98. The maximum Gasteiger partial charge on any atom is 0.0452 e. The molecule has 1 aromatic heterocycles. The Kier molecular flexibility index (Phi) is 2.63. The number of rotatable bonds is 1. The highest BCUT2D eigenvalue weighted by Gasteiger charge is 2.08. The molecule has 2 rings (SSSR count). The predicted molar refractivity (Wildman–Crippen MR) is 63.9 cm³/mol. The quantitative estimate of drug-likeness (QED) is 0.696. The van der Waals surface area contributed by atoms with Crippen molar-refractivity contribution in [1.82, 2.24) is 0 Å². The molecule has 0 spiro atoms. The highest BCUT2D eigenvalue weighted by atomic mass is 79.9. The average molecular weight is 276 g/mol. The topological polar surface area (TPSA) is 0 Å². The van der Waals surface area contributed by atoms with Gasteiger partial charge in [0.15, 0.2) is 0 Å². The maximum atomic E-state index is 6.10. The lowest BCUT2D eigenvalue weighted by Gasteiger charge is -2.01. The molecule has 13 heavy (non-hydrogen) atoms. The summed E-state index contributed by atoms with van der Waals surface area (Å²) in [6, 6.07) is 4.04. The second kappa shape index (κ2) is 3.60. The van der Waals surface area contributed by atoms with Gasteiger partial charge in [0.1, 0.15) is 0 Å². The SMILES string of the molecule is CCc1c(Cl)ccc2c(Br)csc12. The van der Waals surface area contributed by atoms with Crippen LogP contribution in [0.2, 0.25) is 5.02 Å². The molecule has 0 aliphatic rings. The first-order chi connectivity index (χ1) is 6.24. The van der Waals surface area contributed by atoms with E-state index in [-0.39, 0.29) is 0 Å². The minimum atomic E-state index is 0.879. The first-order valence-corrected chi connectivity index (χ1v) is 6.13. The summed E-state index contributed by atoms with van der Waals surface area (Å²) in [5.41, 5.74) is 1.26. The first-order valence-electron chi connectivity index (χ1n) is 4.08. The van der Waals surface area contributed by atoms with Crippen molar-refractivity contribution in [3.63, 3.8) is 0 Å². The summed E-state index contributed by atoms with van der Waals surface area (Å²) in [6.07, 6.45) is 0.989. The summed E-state index contributed by atoms with van der Waals surface area (Å²) < 4.78 is 2.47. The van der Waals surface area contributed by atoms with Crippen LogP contribution in [0, 0.1) is 0 Å². The molecule has 68 valence electrons. The van der Waals surface area contributed by atoms with Crippen molar-refractivity contribution in [2.75, 3.05) is 0 Å². The third-order valence-corrected chi connectivity index (χ3v) is 4.46. The average Bonchev–Trinajstić information content (AvgIpc) is 2.48. The molecule has 0 saturated carbocycles. The summed E-state index contributed by atoms with van der Waals surface area (Å²) >= 11 is 11.4. The summed E-state index contributed by atoms with van der Waals surface area (Å²) in [5.74, 6) is 0. The largest absolute Gasteiger partial charge is 0.142 e. The van der Waals surface area contributed by atoms with Gasteiger partial charge in [-0.1, -0.05) is 24.6 Å². The molecule has 1 heterocycles. The molecule has 0 fully saturated rings. The Labute approximate surface area is 94.7 Å². The van der Waals surface area contributed by atoms with Gasteiger partial charge >= 0.3 is 0 Å². The molecule has 0 amide bonds. The maximum absolute atomic E-state index is 6.10. The molecule has 0 aliphatic carbocycles. The second-order valence-electron chi connectivity index (χ2n) is 2.84. The molecule has 1 aromatic carbocycles. The molecule has 0 N–H and O–H groups in total. The van der Waals surface area contributed by atoms with Gasteiger partial charge in [-0.15, -0.1) is 11.3 Å². The Hall–Kier alpha value is -0.0500. The van der Waals surface area contributed by atoms with Gasteiger partial charge in [0.05, 0.1) is 0 Å². The minimum Gasteiger partial charge on any atom is -0.142 e. The van der Waals surface area contributed by atoms with Gasteiger partial charge in [-0.2, -0.15) is 0 Å². The van der Waals surface area contributed by atoms with Crippen LogP contribution in [0.1, 0.15) is 12.5 Å². The molecule has 0 unspecified atom stereocenters. The van der Waals surface area contributed by atoms with Crippen molar-refractivity contribution >= 4 is 49.0 Å². The Bertz CT molecular complexity index is 447. The monoisotopic (exact) mass is 274 g/mol. The van der Waals surface area contributed by atoms with Crippen LogP contribution in [-0.4, -0.2) is 0 Å². The van der Waals surface area contributed by atoms with Gasteiger partial charge in [-0.25, -0.2) is 0 Å². The normalized spacial score (nSPS) is 11.0. The third kappa shape index (κ3) is 1.51. The van der Waals surface area contributed by atoms with Crippen molar-refractivity contribution in [3.05, 3.63) is 32.6 Å². The number of aryl methyl sites for hydroxylation is 1. The molecule has 3 heteroatoms. The Morgan fingerprint density at radius 2 is 2.23 bits per heavy atom. The van der Waals surface area contributed by atoms with Crippen LogP contribution in [0.4, 0.5) is 0 Å². The highest BCUT2D eigenvalue weighted by Crippen LogP contribution is 2.36. The molecule has 0 atom stereocenters. The third-order valence-electron chi connectivity index (χ3n) is 2.09. The lowest BCUT2D eigenvalue weighted by atomic mass is 10.1. The number of thiophene rings is 1. The molecule has 2 aromatic rings. The summed E-state index contributed by atoms with van der Waals surface area (Å²) in [6.45, 7) is 2.13. The van der Waals surface area contributed by atoms with Crippen LogP contribution in [0.3, 0.4) is 0 Å². The van der Waals surface area contributed by atoms with Crippen LogP contribution in [0.25, 0.3) is 10.1 Å². The van der Waals surface area contributed by atoms with E-state index in [9.17, 15) is 0 Å². The zero-order valence-corrected chi connectivity index (χ0v) is 10.3. The summed E-state index contributed by atoms with van der Waals surface area (Å²) in [7, 11) is 0. The van der Waals surface area contributed by atoms with Crippen LogP contribution < -0.4 is 0 Å². The van der Waals surface area contributed by atoms with E-state index in [1.165, 1.54) is 20.1 Å². The van der Waals surface area contributed by atoms with Crippen molar-refractivity contribution in [2.45, 2.75) is 13.3 Å². The fourth-order valence-electron chi connectivity index (χ4n) is 1.43. The highest BCUT2D eigenvalue weighted by molar-refractivity contribution is 9.10. The van der Waals surface area contributed by atoms with Gasteiger partial charge in [0.2, 0.25) is 0 Å². The minimum absolute atomic E-state index is 0.879. The van der Waals surface area contributed by atoms with E-state index in [4.69, 9.17) is 11.6 Å². The Morgan fingerprint density at radius 3 is 2.92 bits per heavy atom. The predicted octanol–water partition coefficient (Wildman–Crippen LogP) is 4.88. The Morgan fingerprint density at radius 1 is 1.46 bits per heavy atom. The van der Waals surface area contributed by atoms with Crippen molar-refractivity contribution in [3.8, 4) is 0 Å². The molecular weight excluding hydrogens is 268 g/mol. The zero-order chi connectivity index (χ0) is 9.42. The van der Waals surface area contributed by atoms with E-state index in [0.717, 1.165) is 11.4 Å². The fourth-order valence-corrected chi connectivity index (χ4v) is 3.57. The summed E-state index contributed by atoms with van der Waals surface area (Å²) in [4.78, 5) is 0. The number of benzene rings is 1. The van der Waals surface area contributed by atoms with Crippen LogP contribution >= 0.6 is 38.9 Å². The number of fused-ring (bicyclic) bond motifs is 1. The van der Waals surface area contributed by atoms with E-state index in [2.05, 4.69) is 34.3 Å². The fraction of sp³-hybridized carbons (Fsp3) is 0.200. The van der Waals surface area contributed by atoms with Crippen LogP contribution in [0.5, 0.6) is 0 Å². The smallest absolute Gasteiger partial charge is 0.0452 e. The molecule has 0 saturated heterocycles.